The van der Waals surface area contributed by atoms with Crippen molar-refractivity contribution in [2.24, 2.45) is 5.73 Å². The summed E-state index contributed by atoms with van der Waals surface area (Å²) in [5.74, 6) is -1.14. The first kappa shape index (κ1) is 8.14. The summed E-state index contributed by atoms with van der Waals surface area (Å²) in [5.41, 5.74) is 4.53. The molecule has 0 saturated carbocycles. The smallest absolute Gasteiger partial charge is 0.461 e. The van der Waals surface area contributed by atoms with E-state index in [1.165, 1.54) is 0 Å². The van der Waals surface area contributed by atoms with Gasteiger partial charge in [-0.05, 0) is 0 Å². The van der Waals surface area contributed by atoms with Crippen molar-refractivity contribution in [3.8, 4) is 0 Å². The number of nitrogens with zero attached hydrogens (tertiary/aromatic N) is 2. The zero-order valence-corrected chi connectivity index (χ0v) is 4.64. The fourth-order valence-electron chi connectivity index (χ4n) is 0.261. The Balaban J connectivity index is 4.43. The summed E-state index contributed by atoms with van der Waals surface area (Å²) in [6.45, 7) is 0. The molecule has 4 N–H and O–H groups in total. The quantitative estimate of drug-likeness (QED) is 0.191. The number of carbonyl (C=O) groups is 1. The van der Waals surface area contributed by atoms with Gasteiger partial charge in [0.15, 0.2) is 5.03 Å². The largest absolute Gasteiger partial charge is 0.473 e. The maximum Gasteiger partial charge on any atom is 0.473 e. The van der Waals surface area contributed by atoms with Crippen LogP contribution in [0.25, 0.3) is 0 Å². The highest BCUT2D eigenvalue weighted by Gasteiger charge is 2.26. The summed E-state index contributed by atoms with van der Waals surface area (Å²) < 4.78 is 0. The number of hydrazine groups is 1. The zero-order chi connectivity index (χ0) is 8.31. The number of nitrogens with one attached hydrogen (secondary N) is 1. The van der Waals surface area contributed by atoms with Crippen LogP contribution in [-0.4, -0.2) is 27.2 Å². The van der Waals surface area contributed by atoms with Gasteiger partial charge in [-0.3, -0.25) is 5.41 Å². The van der Waals surface area contributed by atoms with Crippen molar-refractivity contribution < 1.29 is 14.9 Å². The van der Waals surface area contributed by atoms with Gasteiger partial charge in [0.2, 0.25) is 0 Å². The second-order valence-corrected chi connectivity index (χ2v) is 1.22. The summed E-state index contributed by atoms with van der Waals surface area (Å²) in [7, 11) is 0. The molecule has 0 unspecified atom stereocenters. The van der Waals surface area contributed by atoms with Gasteiger partial charge in [0.25, 0.3) is 5.96 Å². The van der Waals surface area contributed by atoms with Crippen LogP contribution in [0.1, 0.15) is 0 Å². The van der Waals surface area contributed by atoms with Gasteiger partial charge in [-0.1, -0.05) is 0 Å². The van der Waals surface area contributed by atoms with E-state index in [9.17, 15) is 14.9 Å². The van der Waals surface area contributed by atoms with Crippen molar-refractivity contribution in [2.75, 3.05) is 0 Å². The van der Waals surface area contributed by atoms with Crippen molar-refractivity contribution in [2.45, 2.75) is 0 Å². The van der Waals surface area contributed by atoms with Gasteiger partial charge in [-0.15, -0.1) is 0 Å². The van der Waals surface area contributed by atoms with Gasteiger partial charge in [-0.2, -0.15) is 0 Å². The molecule has 1 amide bonds. The van der Waals surface area contributed by atoms with Crippen LogP contribution in [0.5, 0.6) is 0 Å². The normalized spacial score (nSPS) is 8.40. The third-order valence-electron chi connectivity index (χ3n) is 0.573. The van der Waals surface area contributed by atoms with Crippen LogP contribution in [0.4, 0.5) is 4.79 Å². The zero-order valence-electron chi connectivity index (χ0n) is 4.64. The molecule has 0 spiro atoms. The van der Waals surface area contributed by atoms with E-state index in [1.54, 1.807) is 0 Å². The van der Waals surface area contributed by atoms with E-state index in [0.29, 0.717) is 0 Å². The topological polar surface area (TPSA) is 134 Å². The monoisotopic (exact) mass is 148 g/mol. The molecule has 0 aliphatic heterocycles. The average Bonchev–Trinajstić information content (AvgIpc) is 1.59. The standard InChI is InChI=1S/C2H4N4O4/c3-1(4)5(2(7)8)6(9)10/h(H3,3,4)(H,7,8). The van der Waals surface area contributed by atoms with E-state index >= 15 is 0 Å². The second-order valence-electron chi connectivity index (χ2n) is 1.22. The predicted molar refractivity (Wildman–Crippen MR) is 28.8 cm³/mol. The molecule has 0 aliphatic rings. The van der Waals surface area contributed by atoms with Gasteiger partial charge >= 0.3 is 6.09 Å². The Morgan fingerprint density at radius 2 is 2.20 bits per heavy atom. The maximum absolute atomic E-state index is 9.85. The SMILES string of the molecule is N=C(N)N(C(=O)O)[N+](=O)[O-]. The van der Waals surface area contributed by atoms with E-state index in [1.807, 2.05) is 0 Å². The van der Waals surface area contributed by atoms with Gasteiger partial charge in [0.1, 0.15) is 0 Å². The molecule has 0 fully saturated rings. The lowest BCUT2D eigenvalue weighted by atomic mass is 10.9. The highest BCUT2D eigenvalue weighted by atomic mass is 16.7. The van der Waals surface area contributed by atoms with Gasteiger partial charge in [0, 0.05) is 5.01 Å². The van der Waals surface area contributed by atoms with Crippen LogP contribution in [-0.2, 0) is 0 Å². The minimum absolute atomic E-state index is 0.500. The summed E-state index contributed by atoms with van der Waals surface area (Å²) in [6, 6.07) is 0. The lowest BCUT2D eigenvalue weighted by molar-refractivity contribution is -0.610. The number of hydrogen-bond acceptors (Lipinski definition) is 4. The summed E-state index contributed by atoms with van der Waals surface area (Å²) in [5, 5.41) is 22.3. The molecule has 0 radical (unpaired) electrons. The summed E-state index contributed by atoms with van der Waals surface area (Å²) in [4.78, 5) is 19.6. The Morgan fingerprint density at radius 1 is 1.80 bits per heavy atom. The molecule has 0 aromatic heterocycles. The van der Waals surface area contributed by atoms with E-state index in [0.717, 1.165) is 0 Å². The first-order valence-electron chi connectivity index (χ1n) is 1.98. The molecule has 0 aromatic carbocycles. The van der Waals surface area contributed by atoms with E-state index < -0.39 is 22.1 Å². The molecule has 0 atom stereocenters. The molecule has 0 aromatic rings. The molecule has 56 valence electrons. The highest BCUT2D eigenvalue weighted by Crippen LogP contribution is 1.86. The molecule has 8 nitrogen and oxygen atoms in total. The van der Waals surface area contributed by atoms with Gasteiger partial charge < -0.3 is 10.8 Å². The number of rotatable bonds is 1. The predicted octanol–water partition coefficient (Wildman–Crippen LogP) is -0.948. The molecule has 0 aliphatic carbocycles. The average molecular weight is 148 g/mol. The number of carboxylic acid groups (broad SMARTS) is 1. The lowest BCUT2D eigenvalue weighted by Crippen LogP contribution is -2.44. The third kappa shape index (κ3) is 1.58. The third-order valence-corrected chi connectivity index (χ3v) is 0.573. The molecule has 0 heterocycles. The van der Waals surface area contributed by atoms with Crippen LogP contribution < -0.4 is 5.73 Å². The highest BCUT2D eigenvalue weighted by molar-refractivity contribution is 5.88. The Bertz CT molecular complexity index is 154. The van der Waals surface area contributed by atoms with Crippen molar-refractivity contribution in [1.82, 2.24) is 5.01 Å². The maximum atomic E-state index is 9.85. The Kier molecular flexibility index (Phi) is 2.13. The molecule has 10 heavy (non-hydrogen) atoms. The first-order valence-corrected chi connectivity index (χ1v) is 1.98. The molecular formula is C2H4N4O4. The van der Waals surface area contributed by atoms with E-state index in [4.69, 9.17) is 10.5 Å². The fraction of sp³-hybridized carbons (Fsp3) is 0. The van der Waals surface area contributed by atoms with Crippen LogP contribution in [0.15, 0.2) is 0 Å². The molecular weight excluding hydrogens is 144 g/mol. The number of amides is 1. The van der Waals surface area contributed by atoms with Crippen LogP contribution in [0.2, 0.25) is 0 Å². The number of nitro groups is 1. The van der Waals surface area contributed by atoms with Crippen molar-refractivity contribution in [3.63, 3.8) is 0 Å². The number of guanidine groups is 1. The molecule has 0 rings (SSSR count). The van der Waals surface area contributed by atoms with Crippen LogP contribution >= 0.6 is 0 Å². The fourth-order valence-corrected chi connectivity index (χ4v) is 0.261. The Morgan fingerprint density at radius 3 is 2.20 bits per heavy atom. The van der Waals surface area contributed by atoms with Crippen molar-refractivity contribution >= 4 is 12.1 Å². The summed E-state index contributed by atoms with van der Waals surface area (Å²) >= 11 is 0. The minimum atomic E-state index is -1.89. The lowest BCUT2D eigenvalue weighted by Gasteiger charge is -2.02. The van der Waals surface area contributed by atoms with Crippen molar-refractivity contribution in [3.05, 3.63) is 10.1 Å². The van der Waals surface area contributed by atoms with Gasteiger partial charge in [-0.25, -0.2) is 14.9 Å². The summed E-state index contributed by atoms with van der Waals surface area (Å²) in [6.07, 6.45) is -1.89. The van der Waals surface area contributed by atoms with E-state index in [2.05, 4.69) is 5.73 Å². The molecule has 0 bridgehead atoms. The van der Waals surface area contributed by atoms with Crippen LogP contribution in [0, 0.1) is 15.5 Å². The number of nitrogens with two attached hydrogens (primary N) is 1. The Hall–Kier alpha value is -1.86. The van der Waals surface area contributed by atoms with Gasteiger partial charge in [0.05, 0.1) is 0 Å². The van der Waals surface area contributed by atoms with E-state index in [-0.39, 0.29) is 0 Å². The minimum Gasteiger partial charge on any atom is -0.461 e. The van der Waals surface area contributed by atoms with Crippen molar-refractivity contribution in [1.29, 1.82) is 5.41 Å². The molecule has 8 heteroatoms. The van der Waals surface area contributed by atoms with Crippen LogP contribution in [0.3, 0.4) is 0 Å². The first-order chi connectivity index (χ1) is 4.46. The molecule has 0 saturated heterocycles. The Labute approximate surface area is 54.5 Å². The second kappa shape index (κ2) is 2.62. The number of hydrogen-bond donors (Lipinski definition) is 3.